The number of fused-ring (bicyclic) bond motifs is 1. The third kappa shape index (κ3) is 2.54. The average molecular weight is 336 g/mol. The van der Waals surface area contributed by atoms with Crippen molar-refractivity contribution in [1.82, 2.24) is 28.2 Å². The van der Waals surface area contributed by atoms with Gasteiger partial charge in [-0.05, 0) is 18.8 Å². The standard InChI is InChI=1S/C17H16N6O2/c1-5-9-23-16(24)14-15(22(6-2)17(23)25)19-13(21(14)4)8-7-12-10-18-11-20(12)3/h1,10-11H,6,9H2,2-4H3. The molecule has 0 bridgehead atoms. The SMILES string of the molecule is C#CCn1c(=O)c2c(nc(C#Cc3cncn3C)n2C)n(CC)c1=O. The summed E-state index contributed by atoms with van der Waals surface area (Å²) < 4.78 is 5.81. The van der Waals surface area contributed by atoms with Gasteiger partial charge >= 0.3 is 5.69 Å². The van der Waals surface area contributed by atoms with E-state index in [1.54, 1.807) is 35.6 Å². The van der Waals surface area contributed by atoms with Crippen LogP contribution in [0.2, 0.25) is 0 Å². The molecule has 0 amide bonds. The number of hydrogen-bond acceptors (Lipinski definition) is 4. The van der Waals surface area contributed by atoms with Crippen molar-refractivity contribution in [2.75, 3.05) is 0 Å². The largest absolute Gasteiger partial charge is 0.333 e. The summed E-state index contributed by atoms with van der Waals surface area (Å²) >= 11 is 0. The van der Waals surface area contributed by atoms with Crippen molar-refractivity contribution >= 4 is 11.2 Å². The summed E-state index contributed by atoms with van der Waals surface area (Å²) in [7, 11) is 3.52. The van der Waals surface area contributed by atoms with Gasteiger partial charge in [0, 0.05) is 20.6 Å². The van der Waals surface area contributed by atoms with Crippen LogP contribution in [0.25, 0.3) is 11.2 Å². The van der Waals surface area contributed by atoms with Gasteiger partial charge in [0.2, 0.25) is 0 Å². The summed E-state index contributed by atoms with van der Waals surface area (Å²) in [6, 6.07) is 0. The summed E-state index contributed by atoms with van der Waals surface area (Å²) in [5.74, 6) is 8.62. The fraction of sp³-hybridized carbons (Fsp3) is 0.294. The Morgan fingerprint density at radius 3 is 2.56 bits per heavy atom. The second-order valence-corrected chi connectivity index (χ2v) is 5.43. The quantitative estimate of drug-likeness (QED) is 0.601. The maximum Gasteiger partial charge on any atom is 0.333 e. The molecule has 3 aromatic heterocycles. The zero-order valence-corrected chi connectivity index (χ0v) is 14.1. The van der Waals surface area contributed by atoms with Crippen molar-refractivity contribution in [3.63, 3.8) is 0 Å². The highest BCUT2D eigenvalue weighted by Gasteiger charge is 2.18. The Hall–Kier alpha value is -3.52. The molecule has 0 aliphatic heterocycles. The van der Waals surface area contributed by atoms with Gasteiger partial charge in [-0.25, -0.2) is 19.3 Å². The van der Waals surface area contributed by atoms with Crippen LogP contribution in [0, 0.1) is 24.2 Å². The van der Waals surface area contributed by atoms with Gasteiger partial charge in [0.05, 0.1) is 19.1 Å². The first-order valence-electron chi connectivity index (χ1n) is 7.61. The maximum atomic E-state index is 12.7. The Labute approximate surface area is 143 Å². The number of aryl methyl sites for hydroxylation is 3. The van der Waals surface area contributed by atoms with Crippen LogP contribution < -0.4 is 11.2 Å². The molecule has 126 valence electrons. The van der Waals surface area contributed by atoms with E-state index in [0.29, 0.717) is 29.2 Å². The molecule has 0 saturated heterocycles. The van der Waals surface area contributed by atoms with Gasteiger partial charge in [-0.15, -0.1) is 6.42 Å². The molecule has 3 heterocycles. The lowest BCUT2D eigenvalue weighted by atomic mass is 10.4. The third-order valence-electron chi connectivity index (χ3n) is 3.93. The maximum absolute atomic E-state index is 12.7. The van der Waals surface area contributed by atoms with E-state index < -0.39 is 11.2 Å². The first-order valence-corrected chi connectivity index (χ1v) is 7.61. The molecule has 8 heteroatoms. The number of terminal acetylenes is 1. The molecule has 0 saturated carbocycles. The summed E-state index contributed by atoms with van der Waals surface area (Å²) in [6.07, 6.45) is 8.56. The van der Waals surface area contributed by atoms with Crippen LogP contribution in [0.5, 0.6) is 0 Å². The van der Waals surface area contributed by atoms with E-state index in [9.17, 15) is 9.59 Å². The van der Waals surface area contributed by atoms with Gasteiger partial charge in [0.25, 0.3) is 5.56 Å². The Kier molecular flexibility index (Phi) is 4.04. The lowest BCUT2D eigenvalue weighted by molar-refractivity contribution is 0.630. The number of imidazole rings is 2. The van der Waals surface area contributed by atoms with Gasteiger partial charge in [0.1, 0.15) is 5.69 Å². The zero-order valence-electron chi connectivity index (χ0n) is 14.1. The van der Waals surface area contributed by atoms with E-state index in [1.807, 2.05) is 7.05 Å². The van der Waals surface area contributed by atoms with Crippen LogP contribution in [0.4, 0.5) is 0 Å². The molecule has 0 aliphatic rings. The Bertz CT molecular complexity index is 1190. The van der Waals surface area contributed by atoms with Crippen molar-refractivity contribution in [2.45, 2.75) is 20.0 Å². The van der Waals surface area contributed by atoms with Crippen LogP contribution >= 0.6 is 0 Å². The van der Waals surface area contributed by atoms with Crippen LogP contribution in [0.3, 0.4) is 0 Å². The summed E-state index contributed by atoms with van der Waals surface area (Å²) in [4.78, 5) is 33.5. The molecule has 0 N–H and O–H groups in total. The smallest absolute Gasteiger partial charge is 0.327 e. The molecule has 0 fully saturated rings. The summed E-state index contributed by atoms with van der Waals surface area (Å²) in [5, 5.41) is 0. The van der Waals surface area contributed by atoms with E-state index in [2.05, 4.69) is 27.7 Å². The minimum Gasteiger partial charge on any atom is -0.327 e. The van der Waals surface area contributed by atoms with Crippen LogP contribution in [-0.4, -0.2) is 28.2 Å². The molecule has 0 aliphatic carbocycles. The van der Waals surface area contributed by atoms with Crippen molar-refractivity contribution in [1.29, 1.82) is 0 Å². The molecule has 0 atom stereocenters. The van der Waals surface area contributed by atoms with E-state index in [1.165, 1.54) is 4.57 Å². The van der Waals surface area contributed by atoms with Crippen LogP contribution in [0.1, 0.15) is 18.4 Å². The van der Waals surface area contributed by atoms with E-state index in [0.717, 1.165) is 4.57 Å². The molecular weight excluding hydrogens is 320 g/mol. The molecule has 3 aromatic rings. The first-order chi connectivity index (χ1) is 12.0. The second-order valence-electron chi connectivity index (χ2n) is 5.43. The zero-order chi connectivity index (χ0) is 18.1. The lowest BCUT2D eigenvalue weighted by Gasteiger charge is -2.07. The predicted molar refractivity (Wildman–Crippen MR) is 92.9 cm³/mol. The summed E-state index contributed by atoms with van der Waals surface area (Å²) in [5.41, 5.74) is 0.381. The molecule has 3 rings (SSSR count). The minimum absolute atomic E-state index is 0.0885. The molecule has 0 unspecified atom stereocenters. The highest BCUT2D eigenvalue weighted by Crippen LogP contribution is 2.09. The Balaban J connectivity index is 2.31. The molecule has 0 radical (unpaired) electrons. The summed E-state index contributed by atoms with van der Waals surface area (Å²) in [6.45, 7) is 2.09. The monoisotopic (exact) mass is 336 g/mol. The fourth-order valence-corrected chi connectivity index (χ4v) is 2.59. The van der Waals surface area contributed by atoms with Gasteiger partial charge in [-0.3, -0.25) is 9.36 Å². The van der Waals surface area contributed by atoms with Gasteiger partial charge in [-0.2, -0.15) is 0 Å². The predicted octanol–water partition coefficient (Wildman–Crippen LogP) is -0.317. The van der Waals surface area contributed by atoms with Gasteiger partial charge < -0.3 is 9.13 Å². The average Bonchev–Trinajstić information content (AvgIpc) is 3.13. The number of aromatic nitrogens is 6. The first kappa shape index (κ1) is 16.3. The fourth-order valence-electron chi connectivity index (χ4n) is 2.59. The Morgan fingerprint density at radius 2 is 1.96 bits per heavy atom. The number of hydrogen-bond donors (Lipinski definition) is 0. The van der Waals surface area contributed by atoms with Crippen molar-refractivity contribution in [2.24, 2.45) is 14.1 Å². The molecule has 8 nitrogen and oxygen atoms in total. The highest BCUT2D eigenvalue weighted by molar-refractivity contribution is 5.72. The number of nitrogens with zero attached hydrogens (tertiary/aromatic N) is 6. The molecule has 0 aromatic carbocycles. The lowest BCUT2D eigenvalue weighted by Crippen LogP contribution is -2.40. The molecule has 25 heavy (non-hydrogen) atoms. The van der Waals surface area contributed by atoms with E-state index >= 15 is 0 Å². The van der Waals surface area contributed by atoms with E-state index in [-0.39, 0.29) is 6.54 Å². The van der Waals surface area contributed by atoms with Crippen LogP contribution in [0.15, 0.2) is 22.1 Å². The topological polar surface area (TPSA) is 79.6 Å². The Morgan fingerprint density at radius 1 is 1.20 bits per heavy atom. The normalized spacial score (nSPS) is 10.5. The third-order valence-corrected chi connectivity index (χ3v) is 3.93. The van der Waals surface area contributed by atoms with Gasteiger partial charge in [0.15, 0.2) is 17.0 Å². The van der Waals surface area contributed by atoms with Gasteiger partial charge in [-0.1, -0.05) is 5.92 Å². The second kappa shape index (κ2) is 6.17. The number of rotatable bonds is 2. The minimum atomic E-state index is -0.470. The molecular formula is C17H16N6O2. The van der Waals surface area contributed by atoms with Crippen molar-refractivity contribution in [3.8, 4) is 24.2 Å². The highest BCUT2D eigenvalue weighted by atomic mass is 16.2. The van der Waals surface area contributed by atoms with E-state index in [4.69, 9.17) is 6.42 Å². The van der Waals surface area contributed by atoms with Crippen LogP contribution in [-0.2, 0) is 27.2 Å². The molecule has 0 spiro atoms. The van der Waals surface area contributed by atoms with Crippen molar-refractivity contribution < 1.29 is 0 Å². The van der Waals surface area contributed by atoms with Crippen molar-refractivity contribution in [3.05, 3.63) is 44.9 Å².